The van der Waals surface area contributed by atoms with E-state index in [1.165, 1.54) is 10.5 Å². The van der Waals surface area contributed by atoms with E-state index in [1.54, 1.807) is 25.7 Å². The Hall–Kier alpha value is -4.14. The van der Waals surface area contributed by atoms with Gasteiger partial charge in [0, 0.05) is 25.4 Å². The Labute approximate surface area is 305 Å². The number of amides is 5. The lowest BCUT2D eigenvalue weighted by Gasteiger charge is -2.33. The summed E-state index contributed by atoms with van der Waals surface area (Å²) in [5.41, 5.74) is -0.155. The molecule has 0 unspecified atom stereocenters. The Morgan fingerprint density at radius 2 is 1.77 bits per heavy atom. The van der Waals surface area contributed by atoms with Gasteiger partial charge in [-0.15, -0.1) is 0 Å². The van der Waals surface area contributed by atoms with Crippen molar-refractivity contribution in [2.75, 3.05) is 13.1 Å². The minimum atomic E-state index is -3.90. The third-order valence-corrected chi connectivity index (χ3v) is 12.3. The maximum Gasteiger partial charge on any atom is 0.410 e. The van der Waals surface area contributed by atoms with E-state index >= 15 is 0 Å². The predicted octanol–water partition coefficient (Wildman–Crippen LogP) is 3.61. The fraction of sp³-hybridized carbons (Fsp3) is 0.649. The van der Waals surface area contributed by atoms with Crippen molar-refractivity contribution >= 4 is 39.9 Å². The Morgan fingerprint density at radius 3 is 2.50 bits per heavy atom. The number of ether oxygens (including phenoxy) is 2. The van der Waals surface area contributed by atoms with Gasteiger partial charge in [0.25, 0.3) is 5.91 Å². The monoisotopic (exact) mass is 741 g/mol. The molecular formula is C37H51N5O9S. The van der Waals surface area contributed by atoms with Crippen molar-refractivity contribution in [1.29, 1.82) is 0 Å². The molecule has 1 aromatic rings. The standard InChI is InChI=1S/C37H51N5O9S/c1-23-20-41(21-24-12-10-11-14-28(23)24)35(47)50-26-18-30-31(43)39-37(33(45)40-52(48,49)27-16-17-27)19-25(37)13-8-6-5-7-9-15-29(32(44)42(30)22-26)38-34(46)51-36(2,3)4/h8,10-14,23,25-27,29-30H,5-7,9,15-22H2,1-4H3,(H,38,46)(H,39,43)(H,40,45)/b13-8-/t23-,25+,26-,29+,30+,37-/m1/s1. The third kappa shape index (κ3) is 8.56. The van der Waals surface area contributed by atoms with Gasteiger partial charge in [0.15, 0.2) is 0 Å². The second-order valence-electron chi connectivity index (χ2n) is 15.9. The number of fused-ring (bicyclic) bond motifs is 3. The van der Waals surface area contributed by atoms with Crippen LogP contribution in [-0.2, 0) is 40.4 Å². The first-order valence-electron chi connectivity index (χ1n) is 18.4. The van der Waals surface area contributed by atoms with Crippen LogP contribution in [0.4, 0.5) is 9.59 Å². The van der Waals surface area contributed by atoms with Gasteiger partial charge in [-0.25, -0.2) is 18.0 Å². The SMILES string of the molecule is C[C@@H]1CN(C(=O)O[C@@H]2C[C@H]3C(=O)N[C@]4(C(=O)NS(=O)(=O)C5CC5)C[C@@H]4/C=C\CCCCC[C@H](NC(=O)OC(C)(C)C)C(=O)N3C2)Cc2ccccc21. The largest absolute Gasteiger partial charge is 0.444 e. The second kappa shape index (κ2) is 14.7. The molecule has 6 atom stereocenters. The lowest BCUT2D eigenvalue weighted by Crippen LogP contribution is -2.58. The minimum Gasteiger partial charge on any atom is -0.444 e. The molecule has 14 nitrogen and oxygen atoms in total. The molecule has 6 rings (SSSR count). The molecule has 0 spiro atoms. The normalized spacial score (nSPS) is 30.3. The van der Waals surface area contributed by atoms with Gasteiger partial charge in [0.1, 0.15) is 29.3 Å². The van der Waals surface area contributed by atoms with Crippen LogP contribution in [0, 0.1) is 5.92 Å². The molecule has 15 heteroatoms. The maximum absolute atomic E-state index is 14.4. The van der Waals surface area contributed by atoms with Gasteiger partial charge in [0.2, 0.25) is 21.8 Å². The number of nitrogens with zero attached hydrogens (tertiary/aromatic N) is 2. The van der Waals surface area contributed by atoms with Crippen molar-refractivity contribution in [3.05, 3.63) is 47.5 Å². The first-order valence-corrected chi connectivity index (χ1v) is 20.0. The Kier molecular flexibility index (Phi) is 10.6. The Balaban J connectivity index is 1.25. The number of carbonyl (C=O) groups excluding carboxylic acids is 5. The Bertz CT molecular complexity index is 1720. The highest BCUT2D eigenvalue weighted by molar-refractivity contribution is 7.91. The highest BCUT2D eigenvalue weighted by Crippen LogP contribution is 2.46. The van der Waals surface area contributed by atoms with E-state index < -0.39 is 80.4 Å². The number of hydrogen-bond acceptors (Lipinski definition) is 9. The van der Waals surface area contributed by atoms with Gasteiger partial charge < -0.3 is 29.9 Å². The topological polar surface area (TPSA) is 181 Å². The zero-order valence-electron chi connectivity index (χ0n) is 30.4. The van der Waals surface area contributed by atoms with Crippen LogP contribution >= 0.6 is 0 Å². The first-order chi connectivity index (χ1) is 24.6. The van der Waals surface area contributed by atoms with Crippen molar-refractivity contribution in [3.63, 3.8) is 0 Å². The van der Waals surface area contributed by atoms with Gasteiger partial charge in [-0.3, -0.25) is 19.1 Å². The molecule has 0 bridgehead atoms. The van der Waals surface area contributed by atoms with Crippen LogP contribution in [0.15, 0.2) is 36.4 Å². The molecule has 1 aromatic carbocycles. The predicted molar refractivity (Wildman–Crippen MR) is 190 cm³/mol. The highest BCUT2D eigenvalue weighted by atomic mass is 32.2. The number of benzene rings is 1. The average Bonchev–Trinajstić information content (AvgIpc) is 3.99. The molecule has 284 valence electrons. The summed E-state index contributed by atoms with van der Waals surface area (Å²) in [5, 5.41) is 4.90. The number of allylic oxidation sites excluding steroid dienone is 1. The van der Waals surface area contributed by atoms with E-state index in [2.05, 4.69) is 15.4 Å². The molecule has 52 heavy (non-hydrogen) atoms. The lowest BCUT2D eigenvalue weighted by atomic mass is 9.91. The molecule has 0 radical (unpaired) electrons. The van der Waals surface area contributed by atoms with Gasteiger partial charge in [-0.1, -0.05) is 56.2 Å². The van der Waals surface area contributed by atoms with Crippen LogP contribution in [0.25, 0.3) is 0 Å². The zero-order chi connectivity index (χ0) is 37.4. The van der Waals surface area contributed by atoms with E-state index in [0.29, 0.717) is 38.8 Å². The van der Waals surface area contributed by atoms with Gasteiger partial charge in [-0.2, -0.15) is 0 Å². The molecule has 3 aliphatic heterocycles. The second-order valence-corrected chi connectivity index (χ2v) is 17.9. The van der Waals surface area contributed by atoms with E-state index in [4.69, 9.17) is 9.47 Å². The lowest BCUT2D eigenvalue weighted by molar-refractivity contribution is -0.141. The van der Waals surface area contributed by atoms with Crippen LogP contribution in [0.1, 0.15) is 103 Å². The minimum absolute atomic E-state index is 0.0545. The zero-order valence-corrected chi connectivity index (χ0v) is 31.2. The van der Waals surface area contributed by atoms with Crippen LogP contribution in [-0.4, -0.2) is 95.8 Å². The highest BCUT2D eigenvalue weighted by Gasteiger charge is 2.62. The number of rotatable bonds is 5. The summed E-state index contributed by atoms with van der Waals surface area (Å²) in [4.78, 5) is 71.6. The van der Waals surface area contributed by atoms with Crippen molar-refractivity contribution in [1.82, 2.24) is 25.2 Å². The first kappa shape index (κ1) is 37.6. The number of hydrogen-bond donors (Lipinski definition) is 3. The number of carbonyl (C=O) groups is 5. The van der Waals surface area contributed by atoms with E-state index in [-0.39, 0.29) is 31.7 Å². The quantitative estimate of drug-likeness (QED) is 0.380. The fourth-order valence-electron chi connectivity index (χ4n) is 7.51. The van der Waals surface area contributed by atoms with Crippen molar-refractivity contribution < 1.29 is 41.9 Å². The van der Waals surface area contributed by atoms with Crippen LogP contribution in [0.2, 0.25) is 0 Å². The van der Waals surface area contributed by atoms with E-state index in [1.807, 2.05) is 43.3 Å². The molecule has 2 saturated carbocycles. The van der Waals surface area contributed by atoms with Crippen LogP contribution in [0.3, 0.4) is 0 Å². The maximum atomic E-state index is 14.4. The summed E-state index contributed by atoms with van der Waals surface area (Å²) < 4.78 is 39.2. The molecule has 5 amide bonds. The smallest absolute Gasteiger partial charge is 0.410 e. The van der Waals surface area contributed by atoms with Crippen molar-refractivity contribution in [2.45, 2.75) is 133 Å². The molecule has 2 aliphatic carbocycles. The molecular weight excluding hydrogens is 690 g/mol. The summed E-state index contributed by atoms with van der Waals surface area (Å²) in [5.74, 6) is -2.39. The van der Waals surface area contributed by atoms with E-state index in [0.717, 1.165) is 18.4 Å². The van der Waals surface area contributed by atoms with Crippen molar-refractivity contribution in [2.24, 2.45) is 5.92 Å². The van der Waals surface area contributed by atoms with Crippen molar-refractivity contribution in [3.8, 4) is 0 Å². The van der Waals surface area contributed by atoms with Crippen LogP contribution in [0.5, 0.6) is 0 Å². The molecule has 3 N–H and O–H groups in total. The molecule has 5 aliphatic rings. The number of sulfonamides is 1. The van der Waals surface area contributed by atoms with Gasteiger partial charge >= 0.3 is 12.2 Å². The summed E-state index contributed by atoms with van der Waals surface area (Å²) in [6.07, 6.45) is 5.73. The Morgan fingerprint density at radius 1 is 1.02 bits per heavy atom. The van der Waals surface area contributed by atoms with Gasteiger partial charge in [0.05, 0.1) is 11.8 Å². The van der Waals surface area contributed by atoms with Crippen LogP contribution < -0.4 is 15.4 Å². The fourth-order valence-corrected chi connectivity index (χ4v) is 8.88. The van der Waals surface area contributed by atoms with Gasteiger partial charge in [-0.05, 0) is 76.3 Å². The summed E-state index contributed by atoms with van der Waals surface area (Å²) in [6.45, 7) is 7.86. The molecule has 3 fully saturated rings. The molecule has 1 saturated heterocycles. The number of nitrogens with one attached hydrogen (secondary N) is 3. The average molecular weight is 742 g/mol. The summed E-state index contributed by atoms with van der Waals surface area (Å²) in [7, 11) is -3.90. The van der Waals surface area contributed by atoms with E-state index in [9.17, 15) is 32.4 Å². The third-order valence-electron chi connectivity index (χ3n) is 10.5. The summed E-state index contributed by atoms with van der Waals surface area (Å²) in [6, 6.07) is 5.70. The summed E-state index contributed by atoms with van der Waals surface area (Å²) >= 11 is 0. The number of alkyl carbamates (subject to hydrolysis) is 1. The molecule has 0 aromatic heterocycles. The molecule has 3 heterocycles.